The Kier molecular flexibility index (Phi) is 6.39. The number of halogens is 3. The van der Waals surface area contributed by atoms with Crippen LogP contribution in [0, 0.1) is 6.92 Å². The molecular weight excluding hydrogens is 455 g/mol. The van der Waals surface area contributed by atoms with Crippen molar-refractivity contribution in [1.29, 1.82) is 0 Å². The van der Waals surface area contributed by atoms with E-state index in [1.807, 2.05) is 6.92 Å². The fourth-order valence-corrected chi connectivity index (χ4v) is 4.11. The van der Waals surface area contributed by atoms with Crippen molar-refractivity contribution in [3.8, 4) is 0 Å². The van der Waals surface area contributed by atoms with Crippen LogP contribution < -0.4 is 10.0 Å². The lowest BCUT2D eigenvalue weighted by Gasteiger charge is -2.11. The second-order valence-corrected chi connectivity index (χ2v) is 9.10. The molecule has 3 aromatic rings. The van der Waals surface area contributed by atoms with Gasteiger partial charge in [-0.05, 0) is 49.4 Å². The summed E-state index contributed by atoms with van der Waals surface area (Å²) >= 11 is 17.9. The van der Waals surface area contributed by atoms with Crippen LogP contribution in [-0.2, 0) is 10.0 Å². The second kappa shape index (κ2) is 8.63. The van der Waals surface area contributed by atoms with E-state index < -0.39 is 15.9 Å². The number of amides is 1. The molecule has 5 nitrogen and oxygen atoms in total. The predicted molar refractivity (Wildman–Crippen MR) is 118 cm³/mol. The molecule has 29 heavy (non-hydrogen) atoms. The number of hydrogen-bond donors (Lipinski definition) is 2. The van der Waals surface area contributed by atoms with Gasteiger partial charge in [0.05, 0.1) is 25.7 Å². The zero-order valence-electron chi connectivity index (χ0n) is 15.0. The van der Waals surface area contributed by atoms with Gasteiger partial charge in [0.25, 0.3) is 15.9 Å². The van der Waals surface area contributed by atoms with Gasteiger partial charge in [0, 0.05) is 11.3 Å². The fourth-order valence-electron chi connectivity index (χ4n) is 2.47. The third-order valence-electron chi connectivity index (χ3n) is 3.97. The summed E-state index contributed by atoms with van der Waals surface area (Å²) in [5.41, 5.74) is 1.72. The molecule has 0 saturated carbocycles. The van der Waals surface area contributed by atoms with Crippen LogP contribution in [0.5, 0.6) is 0 Å². The quantitative estimate of drug-likeness (QED) is 0.449. The van der Waals surface area contributed by atoms with Crippen LogP contribution in [0.15, 0.2) is 65.6 Å². The molecule has 0 saturated heterocycles. The SMILES string of the molecule is Cc1ccc(S(=O)(=O)Nc2cccc(C(=O)Nc3cc(Cl)c(Cl)cc3Cl)c2)cc1. The van der Waals surface area contributed by atoms with E-state index >= 15 is 0 Å². The molecule has 0 aliphatic carbocycles. The number of nitrogens with one attached hydrogen (secondary N) is 2. The van der Waals surface area contributed by atoms with E-state index in [9.17, 15) is 13.2 Å². The van der Waals surface area contributed by atoms with Gasteiger partial charge in [-0.25, -0.2) is 8.42 Å². The maximum Gasteiger partial charge on any atom is 0.261 e. The lowest BCUT2D eigenvalue weighted by molar-refractivity contribution is 0.102. The van der Waals surface area contributed by atoms with Crippen molar-refractivity contribution in [2.24, 2.45) is 0 Å². The van der Waals surface area contributed by atoms with Gasteiger partial charge in [0.15, 0.2) is 0 Å². The van der Waals surface area contributed by atoms with Crippen molar-refractivity contribution in [2.75, 3.05) is 10.0 Å². The lowest BCUT2D eigenvalue weighted by atomic mass is 10.2. The minimum Gasteiger partial charge on any atom is -0.321 e. The first-order chi connectivity index (χ1) is 13.7. The van der Waals surface area contributed by atoms with E-state index in [1.165, 1.54) is 30.3 Å². The summed E-state index contributed by atoms with van der Waals surface area (Å²) < 4.78 is 27.6. The average molecular weight is 470 g/mol. The van der Waals surface area contributed by atoms with Gasteiger partial charge in [-0.2, -0.15) is 0 Å². The number of hydrogen-bond acceptors (Lipinski definition) is 3. The number of carbonyl (C=O) groups is 1. The summed E-state index contributed by atoms with van der Waals surface area (Å²) in [5.74, 6) is -0.485. The predicted octanol–water partition coefficient (Wildman–Crippen LogP) is 6.01. The molecule has 0 fully saturated rings. The average Bonchev–Trinajstić information content (AvgIpc) is 2.66. The Hall–Kier alpha value is -2.25. The maximum atomic E-state index is 12.6. The van der Waals surface area contributed by atoms with Crippen LogP contribution >= 0.6 is 34.8 Å². The van der Waals surface area contributed by atoms with Gasteiger partial charge in [-0.1, -0.05) is 58.6 Å². The van der Waals surface area contributed by atoms with E-state index in [1.54, 1.807) is 30.3 Å². The number of carbonyl (C=O) groups excluding carboxylic acids is 1. The standard InChI is InChI=1S/C20H15Cl3N2O3S/c1-12-5-7-15(8-6-12)29(27,28)25-14-4-2-3-13(9-14)20(26)24-19-11-17(22)16(21)10-18(19)23/h2-11,25H,1H3,(H,24,26). The number of anilines is 2. The smallest absolute Gasteiger partial charge is 0.261 e. The molecule has 1 amide bonds. The van der Waals surface area contributed by atoms with Crippen molar-refractivity contribution in [3.05, 3.63) is 86.9 Å². The van der Waals surface area contributed by atoms with Crippen molar-refractivity contribution >= 4 is 62.1 Å². The van der Waals surface area contributed by atoms with Crippen molar-refractivity contribution in [1.82, 2.24) is 0 Å². The Morgan fingerprint density at radius 1 is 0.862 bits per heavy atom. The van der Waals surface area contributed by atoms with Gasteiger partial charge in [-0.15, -0.1) is 0 Å². The van der Waals surface area contributed by atoms with Gasteiger partial charge in [0.2, 0.25) is 0 Å². The topological polar surface area (TPSA) is 75.3 Å². The first-order valence-electron chi connectivity index (χ1n) is 8.31. The Balaban J connectivity index is 1.81. The molecule has 0 radical (unpaired) electrons. The maximum absolute atomic E-state index is 12.6. The van der Waals surface area contributed by atoms with E-state index in [2.05, 4.69) is 10.0 Å². The first-order valence-corrected chi connectivity index (χ1v) is 10.9. The largest absolute Gasteiger partial charge is 0.321 e. The fraction of sp³-hybridized carbons (Fsp3) is 0.0500. The van der Waals surface area contributed by atoms with Gasteiger partial charge in [0.1, 0.15) is 0 Å². The molecule has 9 heteroatoms. The van der Waals surface area contributed by atoms with Gasteiger partial charge < -0.3 is 5.32 Å². The molecular formula is C20H15Cl3N2O3S. The van der Waals surface area contributed by atoms with E-state index in [0.717, 1.165) is 5.56 Å². The minimum absolute atomic E-state index is 0.126. The second-order valence-electron chi connectivity index (χ2n) is 6.20. The highest BCUT2D eigenvalue weighted by Crippen LogP contribution is 2.32. The molecule has 150 valence electrons. The first kappa shape index (κ1) is 21.5. The zero-order valence-corrected chi connectivity index (χ0v) is 18.1. The highest BCUT2D eigenvalue weighted by Gasteiger charge is 2.16. The zero-order chi connectivity index (χ0) is 21.2. The van der Waals surface area contributed by atoms with Crippen LogP contribution in [0.25, 0.3) is 0 Å². The van der Waals surface area contributed by atoms with Crippen LogP contribution in [0.3, 0.4) is 0 Å². The lowest BCUT2D eigenvalue weighted by Crippen LogP contribution is -2.15. The van der Waals surface area contributed by atoms with Crippen LogP contribution in [0.4, 0.5) is 11.4 Å². The highest BCUT2D eigenvalue weighted by molar-refractivity contribution is 7.92. The Morgan fingerprint density at radius 3 is 2.21 bits per heavy atom. The summed E-state index contributed by atoms with van der Waals surface area (Å²) in [6.07, 6.45) is 0. The Bertz CT molecular complexity index is 1180. The summed E-state index contributed by atoms with van der Waals surface area (Å²) in [4.78, 5) is 12.7. The third kappa shape index (κ3) is 5.22. The summed E-state index contributed by atoms with van der Waals surface area (Å²) in [7, 11) is -3.78. The molecule has 0 unspecified atom stereocenters. The van der Waals surface area contributed by atoms with E-state index in [0.29, 0.717) is 0 Å². The number of benzene rings is 3. The van der Waals surface area contributed by atoms with Crippen molar-refractivity contribution in [2.45, 2.75) is 11.8 Å². The molecule has 0 atom stereocenters. The highest BCUT2D eigenvalue weighted by atomic mass is 35.5. The number of rotatable bonds is 5. The van der Waals surface area contributed by atoms with Crippen LogP contribution in [-0.4, -0.2) is 14.3 Å². The summed E-state index contributed by atoms with van der Waals surface area (Å²) in [6, 6.07) is 15.4. The summed E-state index contributed by atoms with van der Waals surface area (Å²) in [5, 5.41) is 3.36. The van der Waals surface area contributed by atoms with Crippen molar-refractivity contribution in [3.63, 3.8) is 0 Å². The molecule has 0 aliphatic heterocycles. The normalized spacial score (nSPS) is 11.2. The molecule has 3 rings (SSSR count). The molecule has 0 spiro atoms. The number of sulfonamides is 1. The van der Waals surface area contributed by atoms with Gasteiger partial charge in [-0.3, -0.25) is 9.52 Å². The molecule has 0 aromatic heterocycles. The van der Waals surface area contributed by atoms with E-state index in [4.69, 9.17) is 34.8 Å². The molecule has 3 aromatic carbocycles. The molecule has 2 N–H and O–H groups in total. The molecule has 0 heterocycles. The van der Waals surface area contributed by atoms with Crippen LogP contribution in [0.2, 0.25) is 15.1 Å². The Morgan fingerprint density at radius 2 is 1.52 bits per heavy atom. The molecule has 0 aliphatic rings. The van der Waals surface area contributed by atoms with E-state index in [-0.39, 0.29) is 36.9 Å². The van der Waals surface area contributed by atoms with Crippen LogP contribution in [0.1, 0.15) is 15.9 Å². The minimum atomic E-state index is -3.78. The monoisotopic (exact) mass is 468 g/mol. The molecule has 0 bridgehead atoms. The third-order valence-corrected chi connectivity index (χ3v) is 6.40. The van der Waals surface area contributed by atoms with Crippen molar-refractivity contribution < 1.29 is 13.2 Å². The Labute approximate surface area is 183 Å². The number of aryl methyl sites for hydroxylation is 1. The summed E-state index contributed by atoms with van der Waals surface area (Å²) in [6.45, 7) is 1.87. The van der Waals surface area contributed by atoms with Gasteiger partial charge >= 0.3 is 0 Å².